The van der Waals surface area contributed by atoms with Crippen molar-refractivity contribution in [2.75, 3.05) is 6.54 Å². The molecule has 0 aromatic rings. The number of nitrogens with two attached hydrogens (primary N) is 1. The van der Waals surface area contributed by atoms with Crippen molar-refractivity contribution in [3.63, 3.8) is 0 Å². The lowest BCUT2D eigenvalue weighted by atomic mass is 9.96. The molecule has 6 heteroatoms. The van der Waals surface area contributed by atoms with Gasteiger partial charge >= 0.3 is 6.18 Å². The highest BCUT2D eigenvalue weighted by Gasteiger charge is 2.37. The van der Waals surface area contributed by atoms with Crippen LogP contribution >= 0.6 is 0 Å². The summed E-state index contributed by atoms with van der Waals surface area (Å²) in [6.45, 7) is 2.12. The third-order valence-electron chi connectivity index (χ3n) is 2.83. The number of piperidine rings is 1. The third-order valence-corrected chi connectivity index (χ3v) is 2.83. The Kier molecular flexibility index (Phi) is 4.18. The zero-order chi connectivity index (χ0) is 12.3. The van der Waals surface area contributed by atoms with E-state index in [1.54, 1.807) is 6.92 Å². The van der Waals surface area contributed by atoms with E-state index in [-0.39, 0.29) is 12.1 Å². The van der Waals surface area contributed by atoms with E-state index >= 15 is 0 Å². The molecule has 0 spiro atoms. The number of rotatable bonds is 2. The van der Waals surface area contributed by atoms with Crippen LogP contribution in [0.2, 0.25) is 0 Å². The van der Waals surface area contributed by atoms with Crippen molar-refractivity contribution < 1.29 is 18.0 Å². The van der Waals surface area contributed by atoms with E-state index in [1.165, 1.54) is 4.90 Å². The van der Waals surface area contributed by atoms with Crippen molar-refractivity contribution in [2.24, 2.45) is 5.73 Å². The standard InChI is InChI=1S/C10H17F3N2O/c1-7(14)8-4-2-3-5-15(8)9(16)6-10(11,12)13/h7-8H,2-6,14H2,1H3. The van der Waals surface area contributed by atoms with Gasteiger partial charge in [-0.1, -0.05) is 0 Å². The summed E-state index contributed by atoms with van der Waals surface area (Å²) < 4.78 is 36.3. The van der Waals surface area contributed by atoms with Crippen LogP contribution in [0.5, 0.6) is 0 Å². The average molecular weight is 238 g/mol. The molecule has 3 nitrogen and oxygen atoms in total. The SMILES string of the molecule is CC(N)C1CCCCN1C(=O)CC(F)(F)F. The molecule has 0 aromatic heterocycles. The molecule has 1 heterocycles. The van der Waals surface area contributed by atoms with Gasteiger partial charge in [0, 0.05) is 18.6 Å². The minimum absolute atomic E-state index is 0.247. The van der Waals surface area contributed by atoms with Gasteiger partial charge in [-0.3, -0.25) is 4.79 Å². The zero-order valence-corrected chi connectivity index (χ0v) is 9.26. The summed E-state index contributed by atoms with van der Waals surface area (Å²) in [7, 11) is 0. The number of likely N-dealkylation sites (tertiary alicyclic amines) is 1. The van der Waals surface area contributed by atoms with Crippen molar-refractivity contribution in [2.45, 2.75) is 50.9 Å². The Morgan fingerprint density at radius 1 is 1.50 bits per heavy atom. The second-order valence-electron chi connectivity index (χ2n) is 4.30. The van der Waals surface area contributed by atoms with Gasteiger partial charge in [-0.05, 0) is 26.2 Å². The van der Waals surface area contributed by atoms with E-state index in [9.17, 15) is 18.0 Å². The Bertz CT molecular complexity index is 253. The largest absolute Gasteiger partial charge is 0.397 e. The molecule has 0 aliphatic carbocycles. The molecule has 2 unspecified atom stereocenters. The number of carbonyl (C=O) groups excluding carboxylic acids is 1. The van der Waals surface area contributed by atoms with Crippen molar-refractivity contribution in [1.29, 1.82) is 0 Å². The highest BCUT2D eigenvalue weighted by atomic mass is 19.4. The van der Waals surface area contributed by atoms with Gasteiger partial charge in [0.2, 0.25) is 5.91 Å². The second kappa shape index (κ2) is 5.03. The smallest absolute Gasteiger partial charge is 0.338 e. The van der Waals surface area contributed by atoms with Gasteiger partial charge in [0.05, 0.1) is 0 Å². The minimum Gasteiger partial charge on any atom is -0.338 e. The van der Waals surface area contributed by atoms with E-state index in [0.717, 1.165) is 12.8 Å². The molecular formula is C10H17F3N2O. The molecule has 94 valence electrons. The molecule has 2 N–H and O–H groups in total. The van der Waals surface area contributed by atoms with Gasteiger partial charge in [-0.25, -0.2) is 0 Å². The van der Waals surface area contributed by atoms with Crippen LogP contribution in [0.1, 0.15) is 32.6 Å². The molecule has 0 aromatic carbocycles. The van der Waals surface area contributed by atoms with E-state index in [0.29, 0.717) is 13.0 Å². The average Bonchev–Trinajstić information content (AvgIpc) is 2.15. The normalized spacial score (nSPS) is 24.3. The van der Waals surface area contributed by atoms with Crippen LogP contribution in [0.25, 0.3) is 0 Å². The summed E-state index contributed by atoms with van der Waals surface area (Å²) in [4.78, 5) is 12.8. The van der Waals surface area contributed by atoms with Gasteiger partial charge in [-0.2, -0.15) is 13.2 Å². The quantitative estimate of drug-likeness (QED) is 0.795. The molecule has 16 heavy (non-hydrogen) atoms. The van der Waals surface area contributed by atoms with Gasteiger partial charge in [0.25, 0.3) is 0 Å². The van der Waals surface area contributed by atoms with Crippen LogP contribution in [-0.4, -0.2) is 35.6 Å². The van der Waals surface area contributed by atoms with E-state index in [2.05, 4.69) is 0 Å². The highest BCUT2D eigenvalue weighted by Crippen LogP contribution is 2.25. The Morgan fingerprint density at radius 2 is 2.12 bits per heavy atom. The third kappa shape index (κ3) is 3.66. The molecule has 0 bridgehead atoms. The van der Waals surface area contributed by atoms with Crippen LogP contribution in [0.3, 0.4) is 0 Å². The van der Waals surface area contributed by atoms with E-state index in [4.69, 9.17) is 5.73 Å². The fourth-order valence-electron chi connectivity index (χ4n) is 2.09. The molecule has 1 rings (SSSR count). The topological polar surface area (TPSA) is 46.3 Å². The van der Waals surface area contributed by atoms with Crippen LogP contribution < -0.4 is 5.73 Å². The summed E-state index contributed by atoms with van der Waals surface area (Å²) in [5.74, 6) is -0.852. The number of alkyl halides is 3. The van der Waals surface area contributed by atoms with Gasteiger partial charge < -0.3 is 10.6 Å². The van der Waals surface area contributed by atoms with Crippen molar-refractivity contribution in [3.05, 3.63) is 0 Å². The number of hydrogen-bond donors (Lipinski definition) is 1. The predicted molar refractivity (Wildman–Crippen MR) is 53.7 cm³/mol. The first-order valence-electron chi connectivity index (χ1n) is 5.43. The monoisotopic (exact) mass is 238 g/mol. The second-order valence-corrected chi connectivity index (χ2v) is 4.30. The predicted octanol–water partition coefficient (Wildman–Crippen LogP) is 1.67. The van der Waals surface area contributed by atoms with E-state index < -0.39 is 18.5 Å². The Morgan fingerprint density at radius 3 is 2.62 bits per heavy atom. The number of halogens is 3. The molecule has 2 atom stereocenters. The maximum atomic E-state index is 12.1. The first-order chi connectivity index (χ1) is 7.31. The van der Waals surface area contributed by atoms with Crippen LogP contribution in [0.4, 0.5) is 13.2 Å². The van der Waals surface area contributed by atoms with Gasteiger partial charge in [-0.15, -0.1) is 0 Å². The molecule has 1 aliphatic heterocycles. The molecular weight excluding hydrogens is 221 g/mol. The number of amides is 1. The number of carbonyl (C=O) groups is 1. The maximum Gasteiger partial charge on any atom is 0.397 e. The Labute approximate surface area is 92.8 Å². The van der Waals surface area contributed by atoms with Crippen LogP contribution in [-0.2, 0) is 4.79 Å². The Balaban J connectivity index is 2.64. The molecule has 1 fully saturated rings. The lowest BCUT2D eigenvalue weighted by molar-refractivity contribution is -0.164. The molecule has 0 radical (unpaired) electrons. The maximum absolute atomic E-state index is 12.1. The van der Waals surface area contributed by atoms with Crippen LogP contribution in [0.15, 0.2) is 0 Å². The van der Waals surface area contributed by atoms with Crippen molar-refractivity contribution in [3.8, 4) is 0 Å². The summed E-state index contributed by atoms with van der Waals surface area (Å²) in [5, 5.41) is 0. The fourth-order valence-corrected chi connectivity index (χ4v) is 2.09. The van der Waals surface area contributed by atoms with Crippen molar-refractivity contribution >= 4 is 5.91 Å². The van der Waals surface area contributed by atoms with Gasteiger partial charge in [0.15, 0.2) is 0 Å². The number of hydrogen-bond acceptors (Lipinski definition) is 2. The first kappa shape index (κ1) is 13.3. The summed E-state index contributed by atoms with van der Waals surface area (Å²) in [6.07, 6.45) is -3.44. The van der Waals surface area contributed by atoms with E-state index in [1.807, 2.05) is 0 Å². The summed E-state index contributed by atoms with van der Waals surface area (Å²) in [5.41, 5.74) is 5.68. The van der Waals surface area contributed by atoms with Crippen LogP contribution in [0, 0.1) is 0 Å². The minimum atomic E-state index is -4.43. The Hall–Kier alpha value is -0.780. The zero-order valence-electron chi connectivity index (χ0n) is 9.26. The fraction of sp³-hybridized carbons (Fsp3) is 0.900. The first-order valence-corrected chi connectivity index (χ1v) is 5.43. The lowest BCUT2D eigenvalue weighted by Crippen LogP contribution is -2.52. The lowest BCUT2D eigenvalue weighted by Gasteiger charge is -2.38. The molecule has 1 amide bonds. The van der Waals surface area contributed by atoms with Crippen molar-refractivity contribution in [1.82, 2.24) is 4.90 Å². The number of nitrogens with zero attached hydrogens (tertiary/aromatic N) is 1. The summed E-state index contributed by atoms with van der Waals surface area (Å²) in [6, 6.07) is -0.527. The highest BCUT2D eigenvalue weighted by molar-refractivity contribution is 5.77. The van der Waals surface area contributed by atoms with Gasteiger partial charge in [0.1, 0.15) is 6.42 Å². The molecule has 1 saturated heterocycles. The summed E-state index contributed by atoms with van der Waals surface area (Å²) >= 11 is 0. The molecule has 0 saturated carbocycles. The molecule has 1 aliphatic rings.